The van der Waals surface area contributed by atoms with Crippen molar-refractivity contribution in [2.24, 2.45) is 10.9 Å². The first kappa shape index (κ1) is 30.0. The predicted molar refractivity (Wildman–Crippen MR) is 162 cm³/mol. The molecule has 1 N–H and O–H groups in total. The summed E-state index contributed by atoms with van der Waals surface area (Å²) in [5, 5.41) is 3.11. The molecule has 1 aliphatic rings. The summed E-state index contributed by atoms with van der Waals surface area (Å²) >= 11 is 0. The number of carbonyl (C=O) groups excluding carboxylic acids is 1. The van der Waals surface area contributed by atoms with E-state index in [1.54, 1.807) is 6.21 Å². The molecule has 210 valence electrons. The summed E-state index contributed by atoms with van der Waals surface area (Å²) in [6.45, 7) is 14.7. The zero-order valence-corrected chi connectivity index (χ0v) is 24.3. The van der Waals surface area contributed by atoms with Crippen molar-refractivity contribution in [1.29, 1.82) is 0 Å². The molecule has 7 nitrogen and oxygen atoms in total. The van der Waals surface area contributed by atoms with Crippen LogP contribution in [0.5, 0.6) is 5.75 Å². The SMILES string of the molecule is C=C(N=CC1=C(C(C)CC)N(C)CCN(c2cccc(OCCN(C)CCc3ccccc3)c2)C1=O)NCC. The molecule has 0 saturated carbocycles. The molecule has 0 spiro atoms. The highest BCUT2D eigenvalue weighted by atomic mass is 16.5. The number of rotatable bonds is 14. The lowest BCUT2D eigenvalue weighted by Gasteiger charge is -2.26. The maximum absolute atomic E-state index is 13.9. The van der Waals surface area contributed by atoms with E-state index in [0.29, 0.717) is 24.5 Å². The topological polar surface area (TPSA) is 60.4 Å². The molecule has 39 heavy (non-hydrogen) atoms. The summed E-state index contributed by atoms with van der Waals surface area (Å²) in [7, 11) is 4.17. The molecule has 0 aliphatic carbocycles. The molecule has 1 heterocycles. The number of carbonyl (C=O) groups is 1. The van der Waals surface area contributed by atoms with Crippen molar-refractivity contribution in [1.82, 2.24) is 15.1 Å². The Kier molecular flexibility index (Phi) is 11.6. The van der Waals surface area contributed by atoms with Gasteiger partial charge in [-0.3, -0.25) is 4.79 Å². The van der Waals surface area contributed by atoms with Crippen molar-refractivity contribution in [3.05, 3.63) is 83.8 Å². The number of hydrogen-bond donors (Lipinski definition) is 1. The van der Waals surface area contributed by atoms with Crippen molar-refractivity contribution >= 4 is 17.8 Å². The van der Waals surface area contributed by atoms with Crippen molar-refractivity contribution in [2.75, 3.05) is 58.3 Å². The van der Waals surface area contributed by atoms with Crippen molar-refractivity contribution in [3.8, 4) is 5.75 Å². The van der Waals surface area contributed by atoms with E-state index in [1.165, 1.54) is 5.56 Å². The Balaban J connectivity index is 1.71. The second-order valence-electron chi connectivity index (χ2n) is 10.1. The van der Waals surface area contributed by atoms with E-state index in [1.807, 2.05) is 42.2 Å². The summed E-state index contributed by atoms with van der Waals surface area (Å²) in [5.41, 5.74) is 3.79. The van der Waals surface area contributed by atoms with Gasteiger partial charge in [0.15, 0.2) is 0 Å². The molecule has 1 amide bonds. The van der Waals surface area contributed by atoms with Gasteiger partial charge < -0.3 is 24.8 Å². The van der Waals surface area contributed by atoms with Crippen LogP contribution in [0, 0.1) is 5.92 Å². The fraction of sp³-hybridized carbons (Fsp3) is 0.438. The van der Waals surface area contributed by atoms with Crippen LogP contribution in [0.2, 0.25) is 0 Å². The largest absolute Gasteiger partial charge is 0.492 e. The highest BCUT2D eigenvalue weighted by molar-refractivity contribution is 6.19. The van der Waals surface area contributed by atoms with Crippen LogP contribution in [0.15, 0.2) is 83.3 Å². The molecule has 0 radical (unpaired) electrons. The van der Waals surface area contributed by atoms with Gasteiger partial charge in [-0.2, -0.15) is 0 Å². The molecule has 2 aromatic carbocycles. The van der Waals surface area contributed by atoms with Crippen LogP contribution in [0.25, 0.3) is 0 Å². The van der Waals surface area contributed by atoms with Crippen LogP contribution in [0.1, 0.15) is 32.8 Å². The van der Waals surface area contributed by atoms with E-state index in [0.717, 1.165) is 56.2 Å². The number of allylic oxidation sites excluding steroid dienone is 1. The molecule has 7 heteroatoms. The van der Waals surface area contributed by atoms with Gasteiger partial charge in [-0.1, -0.05) is 56.8 Å². The molecule has 0 bridgehead atoms. The lowest BCUT2D eigenvalue weighted by atomic mass is 9.98. The zero-order valence-electron chi connectivity index (χ0n) is 24.3. The Morgan fingerprint density at radius 2 is 1.92 bits per heavy atom. The molecule has 3 rings (SSSR count). The standard InChI is InChI=1S/C32H45N5O2/c1-7-25(3)31-30(24-34-26(4)33-8-2)32(38)37(20-19-36(31)6)28-15-12-16-29(23-28)39-22-21-35(5)18-17-27-13-10-9-11-14-27/h9-16,23-25,33H,4,7-8,17-22H2,1-3,5-6H3. The molecule has 1 aliphatic heterocycles. The Morgan fingerprint density at radius 1 is 1.15 bits per heavy atom. The maximum Gasteiger partial charge on any atom is 0.261 e. The average molecular weight is 532 g/mol. The minimum Gasteiger partial charge on any atom is -0.492 e. The first-order chi connectivity index (χ1) is 18.8. The summed E-state index contributed by atoms with van der Waals surface area (Å²) in [6.07, 6.45) is 3.62. The molecule has 0 saturated heterocycles. The average Bonchev–Trinajstić information content (AvgIpc) is 3.06. The Morgan fingerprint density at radius 3 is 2.64 bits per heavy atom. The summed E-state index contributed by atoms with van der Waals surface area (Å²) in [5.74, 6) is 1.47. The number of amides is 1. The van der Waals surface area contributed by atoms with E-state index in [4.69, 9.17) is 4.74 Å². The van der Waals surface area contributed by atoms with E-state index >= 15 is 0 Å². The van der Waals surface area contributed by atoms with Crippen LogP contribution in [-0.4, -0.2) is 75.3 Å². The van der Waals surface area contributed by atoms with Gasteiger partial charge in [0.1, 0.15) is 18.2 Å². The number of nitrogens with one attached hydrogen (secondary N) is 1. The molecular weight excluding hydrogens is 486 g/mol. The number of nitrogens with zero attached hydrogens (tertiary/aromatic N) is 4. The number of ether oxygens (including phenoxy) is 1. The van der Waals surface area contributed by atoms with Gasteiger partial charge in [-0.05, 0) is 50.4 Å². The van der Waals surface area contributed by atoms with Crippen LogP contribution in [0.3, 0.4) is 0 Å². The van der Waals surface area contributed by atoms with Crippen molar-refractivity contribution in [3.63, 3.8) is 0 Å². The van der Waals surface area contributed by atoms with Crippen LogP contribution in [0.4, 0.5) is 5.69 Å². The van der Waals surface area contributed by atoms with Crippen LogP contribution < -0.4 is 15.0 Å². The molecule has 0 aromatic heterocycles. The van der Waals surface area contributed by atoms with Gasteiger partial charge in [0.05, 0.1) is 5.57 Å². The molecule has 0 fully saturated rings. The number of aliphatic imine (C=N–C) groups is 1. The highest BCUT2D eigenvalue weighted by Crippen LogP contribution is 2.29. The molecular formula is C32H45N5O2. The Hall–Kier alpha value is -3.58. The van der Waals surface area contributed by atoms with Gasteiger partial charge in [0.25, 0.3) is 5.91 Å². The second kappa shape index (κ2) is 15.1. The zero-order chi connectivity index (χ0) is 28.2. The minimum atomic E-state index is -0.0551. The number of likely N-dealkylation sites (N-methyl/N-ethyl adjacent to an activating group) is 2. The number of benzene rings is 2. The second-order valence-corrected chi connectivity index (χ2v) is 10.1. The fourth-order valence-electron chi connectivity index (χ4n) is 4.66. The van der Waals surface area contributed by atoms with E-state index in [2.05, 4.69) is 78.9 Å². The Labute approximate surface area is 234 Å². The molecule has 1 unspecified atom stereocenters. The monoisotopic (exact) mass is 531 g/mol. The van der Waals surface area contributed by atoms with E-state index in [9.17, 15) is 4.79 Å². The van der Waals surface area contributed by atoms with E-state index in [-0.39, 0.29) is 11.8 Å². The first-order valence-electron chi connectivity index (χ1n) is 14.0. The minimum absolute atomic E-state index is 0.0551. The number of anilines is 1. The van der Waals surface area contributed by atoms with Gasteiger partial charge in [-0.15, -0.1) is 0 Å². The summed E-state index contributed by atoms with van der Waals surface area (Å²) in [4.78, 5) is 24.7. The Bertz CT molecular complexity index is 1140. The first-order valence-corrected chi connectivity index (χ1v) is 14.0. The maximum atomic E-state index is 13.9. The lowest BCUT2D eigenvalue weighted by molar-refractivity contribution is -0.114. The predicted octanol–water partition coefficient (Wildman–Crippen LogP) is 4.97. The fourth-order valence-corrected chi connectivity index (χ4v) is 4.66. The van der Waals surface area contributed by atoms with Crippen LogP contribution in [-0.2, 0) is 11.2 Å². The quantitative estimate of drug-likeness (QED) is 0.349. The van der Waals surface area contributed by atoms with Gasteiger partial charge >= 0.3 is 0 Å². The summed E-state index contributed by atoms with van der Waals surface area (Å²) in [6, 6.07) is 18.4. The van der Waals surface area contributed by atoms with Crippen molar-refractivity contribution in [2.45, 2.75) is 33.6 Å². The lowest BCUT2D eigenvalue weighted by Crippen LogP contribution is -2.34. The normalized spacial score (nSPS) is 15.2. The van der Waals surface area contributed by atoms with Gasteiger partial charge in [0.2, 0.25) is 0 Å². The van der Waals surface area contributed by atoms with Gasteiger partial charge in [-0.25, -0.2) is 4.99 Å². The molecule has 1 atom stereocenters. The third kappa shape index (κ3) is 8.72. The van der Waals surface area contributed by atoms with Crippen LogP contribution >= 0.6 is 0 Å². The third-order valence-corrected chi connectivity index (χ3v) is 7.13. The molecule has 2 aromatic rings. The van der Waals surface area contributed by atoms with Crippen molar-refractivity contribution < 1.29 is 9.53 Å². The number of hydrogen-bond acceptors (Lipinski definition) is 6. The van der Waals surface area contributed by atoms with Gasteiger partial charge in [0, 0.05) is 63.4 Å². The summed E-state index contributed by atoms with van der Waals surface area (Å²) < 4.78 is 6.11. The smallest absolute Gasteiger partial charge is 0.261 e. The third-order valence-electron chi connectivity index (χ3n) is 7.13. The highest BCUT2D eigenvalue weighted by Gasteiger charge is 2.30. The van der Waals surface area contributed by atoms with E-state index < -0.39 is 0 Å².